The molecule has 0 spiro atoms. The highest BCUT2D eigenvalue weighted by atomic mass is 16.5. The molecule has 98 valence electrons. The lowest BCUT2D eigenvalue weighted by molar-refractivity contribution is 0.0439. The third kappa shape index (κ3) is 2.50. The summed E-state index contributed by atoms with van der Waals surface area (Å²) in [5.74, 6) is 0. The highest BCUT2D eigenvalue weighted by molar-refractivity contribution is 5.60. The molecule has 0 aliphatic carbocycles. The second-order valence-corrected chi connectivity index (χ2v) is 4.69. The number of hydrogen-bond acceptors (Lipinski definition) is 4. The molecule has 2 aromatic rings. The van der Waals surface area contributed by atoms with Gasteiger partial charge in [0.2, 0.25) is 0 Å². The maximum absolute atomic E-state index is 5.80. The lowest BCUT2D eigenvalue weighted by Crippen LogP contribution is -2.25. The summed E-state index contributed by atoms with van der Waals surface area (Å²) in [7, 11) is 1.95. The Bertz CT molecular complexity index is 557. The number of fused-ring (bicyclic) bond motifs is 1. The van der Waals surface area contributed by atoms with Crippen LogP contribution in [0.5, 0.6) is 0 Å². The average molecular weight is 255 g/mol. The van der Waals surface area contributed by atoms with Crippen molar-refractivity contribution in [2.75, 3.05) is 20.2 Å². The van der Waals surface area contributed by atoms with Crippen LogP contribution in [0, 0.1) is 0 Å². The van der Waals surface area contributed by atoms with Gasteiger partial charge in [0, 0.05) is 18.3 Å². The van der Waals surface area contributed by atoms with Crippen LogP contribution in [0.1, 0.15) is 17.2 Å². The Labute approximate surface area is 112 Å². The quantitative estimate of drug-likeness (QED) is 0.911. The van der Waals surface area contributed by atoms with Gasteiger partial charge in [-0.05, 0) is 42.8 Å². The minimum absolute atomic E-state index is 0.157. The van der Waals surface area contributed by atoms with Crippen LogP contribution < -0.4 is 5.32 Å². The average Bonchev–Trinajstić information content (AvgIpc) is 2.48. The van der Waals surface area contributed by atoms with E-state index >= 15 is 0 Å². The second-order valence-electron chi connectivity index (χ2n) is 4.69. The SMILES string of the molecule is CNC[C@@H]1OCCc2cc(-c3cccnn3)ccc21. The van der Waals surface area contributed by atoms with Crippen molar-refractivity contribution in [1.29, 1.82) is 0 Å². The van der Waals surface area contributed by atoms with Gasteiger partial charge in [0.25, 0.3) is 0 Å². The first-order valence-corrected chi connectivity index (χ1v) is 6.55. The maximum atomic E-state index is 5.80. The molecule has 19 heavy (non-hydrogen) atoms. The number of rotatable bonds is 3. The second kappa shape index (κ2) is 5.47. The fourth-order valence-electron chi connectivity index (χ4n) is 2.51. The van der Waals surface area contributed by atoms with E-state index in [-0.39, 0.29) is 6.10 Å². The molecule has 0 fully saturated rings. The van der Waals surface area contributed by atoms with Crippen molar-refractivity contribution in [1.82, 2.24) is 15.5 Å². The Hall–Kier alpha value is -1.78. The lowest BCUT2D eigenvalue weighted by Gasteiger charge is -2.26. The number of aromatic nitrogens is 2. The predicted octanol–water partition coefficient (Wildman–Crippen LogP) is 1.98. The standard InChI is InChI=1S/C15H17N3O/c1-16-10-15-13-5-4-12(9-11(13)6-8-19-15)14-3-2-7-17-18-14/h2-5,7,9,15-16H,6,8,10H2,1H3/t15-/m0/s1. The van der Waals surface area contributed by atoms with Gasteiger partial charge >= 0.3 is 0 Å². The molecule has 1 aliphatic rings. The molecule has 0 radical (unpaired) electrons. The van der Waals surface area contributed by atoms with Crippen LogP contribution in [0.25, 0.3) is 11.3 Å². The fourth-order valence-corrected chi connectivity index (χ4v) is 2.51. The largest absolute Gasteiger partial charge is 0.372 e. The van der Waals surface area contributed by atoms with Gasteiger partial charge < -0.3 is 10.1 Å². The van der Waals surface area contributed by atoms with Gasteiger partial charge in [0.15, 0.2) is 0 Å². The Balaban J connectivity index is 1.96. The first kappa shape index (κ1) is 12.3. The van der Waals surface area contributed by atoms with Crippen LogP contribution in [0.3, 0.4) is 0 Å². The van der Waals surface area contributed by atoms with Crippen LogP contribution in [-0.2, 0) is 11.2 Å². The first-order chi connectivity index (χ1) is 9.38. The number of likely N-dealkylation sites (N-methyl/N-ethyl adjacent to an activating group) is 1. The molecule has 0 saturated heterocycles. The molecule has 1 aliphatic heterocycles. The molecule has 1 atom stereocenters. The van der Waals surface area contributed by atoms with Crippen molar-refractivity contribution in [3.8, 4) is 11.3 Å². The number of nitrogens with one attached hydrogen (secondary N) is 1. The van der Waals surface area contributed by atoms with Crippen molar-refractivity contribution < 1.29 is 4.74 Å². The monoisotopic (exact) mass is 255 g/mol. The van der Waals surface area contributed by atoms with E-state index in [0.717, 1.165) is 30.8 Å². The molecular formula is C15H17N3O. The molecule has 3 rings (SSSR count). The van der Waals surface area contributed by atoms with E-state index in [1.54, 1.807) is 6.20 Å². The molecule has 1 aromatic carbocycles. The molecule has 4 heteroatoms. The van der Waals surface area contributed by atoms with Crippen molar-refractivity contribution >= 4 is 0 Å². The van der Waals surface area contributed by atoms with Gasteiger partial charge in [0.05, 0.1) is 18.4 Å². The van der Waals surface area contributed by atoms with Gasteiger partial charge in [-0.3, -0.25) is 0 Å². The number of hydrogen-bond donors (Lipinski definition) is 1. The zero-order chi connectivity index (χ0) is 13.1. The summed E-state index contributed by atoms with van der Waals surface area (Å²) in [6.45, 7) is 1.63. The van der Waals surface area contributed by atoms with Crippen LogP contribution in [0.2, 0.25) is 0 Å². The highest BCUT2D eigenvalue weighted by Gasteiger charge is 2.20. The van der Waals surface area contributed by atoms with Crippen molar-refractivity contribution in [2.45, 2.75) is 12.5 Å². The maximum Gasteiger partial charge on any atom is 0.0951 e. The Kier molecular flexibility index (Phi) is 3.53. The summed E-state index contributed by atoms with van der Waals surface area (Å²) < 4.78 is 5.80. The van der Waals surface area contributed by atoms with E-state index in [9.17, 15) is 0 Å². The minimum atomic E-state index is 0.157. The Morgan fingerprint density at radius 1 is 1.37 bits per heavy atom. The van der Waals surface area contributed by atoms with E-state index in [0.29, 0.717) is 0 Å². The lowest BCUT2D eigenvalue weighted by atomic mass is 9.94. The third-order valence-electron chi connectivity index (χ3n) is 3.44. The topological polar surface area (TPSA) is 47.0 Å². The van der Waals surface area contributed by atoms with E-state index in [1.165, 1.54) is 11.1 Å². The zero-order valence-corrected chi connectivity index (χ0v) is 11.0. The van der Waals surface area contributed by atoms with Crippen molar-refractivity contribution in [2.24, 2.45) is 0 Å². The van der Waals surface area contributed by atoms with Crippen LogP contribution in [0.15, 0.2) is 36.5 Å². The molecule has 1 N–H and O–H groups in total. The molecule has 1 aromatic heterocycles. The zero-order valence-electron chi connectivity index (χ0n) is 11.0. The minimum Gasteiger partial charge on any atom is -0.372 e. The summed E-state index contributed by atoms with van der Waals surface area (Å²) >= 11 is 0. The molecule has 0 unspecified atom stereocenters. The van der Waals surface area contributed by atoms with Gasteiger partial charge in [-0.2, -0.15) is 10.2 Å². The normalized spacial score (nSPS) is 18.1. The van der Waals surface area contributed by atoms with E-state index in [1.807, 2.05) is 19.2 Å². The van der Waals surface area contributed by atoms with Gasteiger partial charge in [-0.15, -0.1) is 0 Å². The first-order valence-electron chi connectivity index (χ1n) is 6.55. The van der Waals surface area contributed by atoms with Gasteiger partial charge in [-0.1, -0.05) is 12.1 Å². The van der Waals surface area contributed by atoms with E-state index in [2.05, 4.69) is 33.7 Å². The van der Waals surface area contributed by atoms with E-state index < -0.39 is 0 Å². The summed E-state index contributed by atoms with van der Waals surface area (Å²) in [4.78, 5) is 0. The summed E-state index contributed by atoms with van der Waals surface area (Å²) in [5, 5.41) is 11.3. The smallest absolute Gasteiger partial charge is 0.0951 e. The Morgan fingerprint density at radius 2 is 2.32 bits per heavy atom. The van der Waals surface area contributed by atoms with Gasteiger partial charge in [-0.25, -0.2) is 0 Å². The highest BCUT2D eigenvalue weighted by Crippen LogP contribution is 2.29. The van der Waals surface area contributed by atoms with Crippen molar-refractivity contribution in [3.05, 3.63) is 47.7 Å². The van der Waals surface area contributed by atoms with Gasteiger partial charge in [0.1, 0.15) is 0 Å². The fraction of sp³-hybridized carbons (Fsp3) is 0.333. The molecule has 0 saturated carbocycles. The number of benzene rings is 1. The molecule has 0 amide bonds. The molecule has 0 bridgehead atoms. The summed E-state index contributed by atoms with van der Waals surface area (Å²) in [6.07, 6.45) is 2.81. The molecular weight excluding hydrogens is 238 g/mol. The Morgan fingerprint density at radius 3 is 3.11 bits per heavy atom. The van der Waals surface area contributed by atoms with E-state index in [4.69, 9.17) is 4.74 Å². The molecule has 2 heterocycles. The third-order valence-corrected chi connectivity index (χ3v) is 3.44. The predicted molar refractivity (Wildman–Crippen MR) is 73.8 cm³/mol. The van der Waals surface area contributed by atoms with Crippen molar-refractivity contribution in [3.63, 3.8) is 0 Å². The summed E-state index contributed by atoms with van der Waals surface area (Å²) in [5.41, 5.74) is 4.68. The molecule has 4 nitrogen and oxygen atoms in total. The van der Waals surface area contributed by atoms with Crippen LogP contribution in [-0.4, -0.2) is 30.4 Å². The van der Waals surface area contributed by atoms with Crippen LogP contribution in [0.4, 0.5) is 0 Å². The number of nitrogens with zero attached hydrogens (tertiary/aromatic N) is 2. The number of ether oxygens (including phenoxy) is 1. The van der Waals surface area contributed by atoms with Crippen LogP contribution >= 0.6 is 0 Å². The summed E-state index contributed by atoms with van der Waals surface area (Å²) in [6, 6.07) is 10.4.